The molecular weight excluding hydrogens is 296 g/mol. The van der Waals surface area contributed by atoms with E-state index in [9.17, 15) is 9.59 Å². The first kappa shape index (κ1) is 19.3. The summed E-state index contributed by atoms with van der Waals surface area (Å²) in [6, 6.07) is 0. The second-order valence-electron chi connectivity index (χ2n) is 6.96. The van der Waals surface area contributed by atoms with Crippen molar-refractivity contribution in [3.8, 4) is 0 Å². The van der Waals surface area contributed by atoms with Gasteiger partial charge in [-0.3, -0.25) is 0 Å². The van der Waals surface area contributed by atoms with Crippen LogP contribution in [0.5, 0.6) is 0 Å². The number of amides is 2. The maximum absolute atomic E-state index is 12.0. The van der Waals surface area contributed by atoms with E-state index in [1.54, 1.807) is 7.05 Å². The normalized spacial score (nSPS) is 20.7. The van der Waals surface area contributed by atoms with E-state index >= 15 is 0 Å². The van der Waals surface area contributed by atoms with Gasteiger partial charge in [-0.25, -0.2) is 9.59 Å². The summed E-state index contributed by atoms with van der Waals surface area (Å²) in [6.07, 6.45) is 4.70. The first-order valence-corrected chi connectivity index (χ1v) is 8.24. The van der Waals surface area contributed by atoms with Crippen molar-refractivity contribution in [1.82, 2.24) is 10.2 Å². The van der Waals surface area contributed by atoms with Crippen LogP contribution in [0.15, 0.2) is 12.7 Å². The molecule has 1 aliphatic carbocycles. The van der Waals surface area contributed by atoms with Crippen LogP contribution in [-0.2, 0) is 9.47 Å². The van der Waals surface area contributed by atoms with E-state index in [2.05, 4.69) is 11.9 Å². The molecule has 2 atom stereocenters. The first-order chi connectivity index (χ1) is 10.7. The molecule has 0 radical (unpaired) electrons. The molecule has 23 heavy (non-hydrogen) atoms. The van der Waals surface area contributed by atoms with Crippen LogP contribution in [0.25, 0.3) is 0 Å². The van der Waals surface area contributed by atoms with Crippen LogP contribution in [0, 0.1) is 5.92 Å². The molecule has 6 heteroatoms. The Labute approximate surface area is 139 Å². The molecule has 6 nitrogen and oxygen atoms in total. The van der Waals surface area contributed by atoms with Gasteiger partial charge in [-0.1, -0.05) is 6.08 Å². The fraction of sp³-hybridized carbons (Fsp3) is 0.765. The summed E-state index contributed by atoms with van der Waals surface area (Å²) >= 11 is 0. The third kappa shape index (κ3) is 7.39. The number of carbonyl (C=O) groups is 2. The van der Waals surface area contributed by atoms with Crippen molar-refractivity contribution in [3.63, 3.8) is 0 Å². The summed E-state index contributed by atoms with van der Waals surface area (Å²) < 4.78 is 10.7. The Bertz CT molecular complexity index is 417. The number of hydrogen-bond donors (Lipinski definition) is 1. The van der Waals surface area contributed by atoms with Gasteiger partial charge in [0.25, 0.3) is 0 Å². The van der Waals surface area contributed by atoms with Crippen LogP contribution in [0.2, 0.25) is 0 Å². The van der Waals surface area contributed by atoms with Crippen molar-refractivity contribution >= 4 is 12.2 Å². The first-order valence-electron chi connectivity index (χ1n) is 8.24. The van der Waals surface area contributed by atoms with Gasteiger partial charge in [-0.05, 0) is 46.5 Å². The number of rotatable bonds is 6. The van der Waals surface area contributed by atoms with Crippen LogP contribution in [0.4, 0.5) is 9.59 Å². The highest BCUT2D eigenvalue weighted by atomic mass is 16.6. The zero-order valence-corrected chi connectivity index (χ0v) is 14.8. The van der Waals surface area contributed by atoms with Crippen molar-refractivity contribution < 1.29 is 19.1 Å². The summed E-state index contributed by atoms with van der Waals surface area (Å²) in [5, 5.41) is 2.67. The fourth-order valence-electron chi connectivity index (χ4n) is 2.50. The molecule has 0 unspecified atom stereocenters. The molecule has 2 amide bonds. The number of alkyl carbamates (subject to hydrolysis) is 1. The minimum Gasteiger partial charge on any atom is -0.445 e. The molecule has 1 N–H and O–H groups in total. The largest absolute Gasteiger partial charge is 0.445 e. The average molecular weight is 326 g/mol. The third-order valence-corrected chi connectivity index (χ3v) is 3.71. The van der Waals surface area contributed by atoms with Crippen LogP contribution in [0.1, 0.15) is 46.5 Å². The maximum atomic E-state index is 12.0. The molecule has 1 aliphatic rings. The van der Waals surface area contributed by atoms with Crippen LogP contribution < -0.4 is 5.32 Å². The highest BCUT2D eigenvalue weighted by molar-refractivity contribution is 5.68. The Morgan fingerprint density at radius 2 is 2.04 bits per heavy atom. The number of nitrogens with one attached hydrogen (secondary N) is 1. The average Bonchev–Trinajstić information content (AvgIpc) is 2.88. The summed E-state index contributed by atoms with van der Waals surface area (Å²) in [7, 11) is 1.70. The van der Waals surface area contributed by atoms with Gasteiger partial charge in [-0.15, -0.1) is 6.58 Å². The van der Waals surface area contributed by atoms with E-state index in [-0.39, 0.29) is 18.1 Å². The molecular formula is C17H30N2O4. The topological polar surface area (TPSA) is 67.9 Å². The molecule has 132 valence electrons. The van der Waals surface area contributed by atoms with Crippen LogP contribution >= 0.6 is 0 Å². The molecule has 0 bridgehead atoms. The number of carbonyl (C=O) groups excluding carboxylic acids is 2. The molecule has 0 spiro atoms. The Morgan fingerprint density at radius 1 is 1.35 bits per heavy atom. The van der Waals surface area contributed by atoms with Gasteiger partial charge >= 0.3 is 12.2 Å². The standard InChI is InChI=1S/C17H30N2O4/c1-6-13-9-7-10-14(13)22-16(21)19(5)12-8-11-18-15(20)23-17(2,3)4/h6,13-14H,1,7-12H2,2-5H3,(H,18,20)/t13-,14-/m1/s1. The summed E-state index contributed by atoms with van der Waals surface area (Å²) in [5.41, 5.74) is -0.506. The van der Waals surface area contributed by atoms with E-state index in [4.69, 9.17) is 9.47 Å². The summed E-state index contributed by atoms with van der Waals surface area (Å²) in [6.45, 7) is 10.2. The van der Waals surface area contributed by atoms with Gasteiger partial charge < -0.3 is 19.7 Å². The third-order valence-electron chi connectivity index (χ3n) is 3.71. The monoisotopic (exact) mass is 326 g/mol. The lowest BCUT2D eigenvalue weighted by molar-refractivity contribution is 0.0522. The summed E-state index contributed by atoms with van der Waals surface area (Å²) in [4.78, 5) is 25.1. The molecule has 0 aromatic heterocycles. The zero-order chi connectivity index (χ0) is 17.5. The van der Waals surface area contributed by atoms with Crippen molar-refractivity contribution in [2.75, 3.05) is 20.1 Å². The highest BCUT2D eigenvalue weighted by Gasteiger charge is 2.29. The SMILES string of the molecule is C=C[C@@H]1CCC[C@H]1OC(=O)N(C)CCCNC(=O)OC(C)(C)C. The molecule has 0 aromatic rings. The predicted octanol–water partition coefficient (Wildman–Crippen LogP) is 3.32. The van der Waals surface area contributed by atoms with E-state index in [0.717, 1.165) is 19.3 Å². The van der Waals surface area contributed by atoms with E-state index in [1.165, 1.54) is 4.90 Å². The summed E-state index contributed by atoms with van der Waals surface area (Å²) in [5.74, 6) is 0.265. The van der Waals surface area contributed by atoms with E-state index in [0.29, 0.717) is 19.5 Å². The minimum absolute atomic E-state index is 0.0534. The highest BCUT2D eigenvalue weighted by Crippen LogP contribution is 2.29. The lowest BCUT2D eigenvalue weighted by Gasteiger charge is -2.23. The number of ether oxygens (including phenoxy) is 2. The predicted molar refractivity (Wildman–Crippen MR) is 89.3 cm³/mol. The van der Waals surface area contributed by atoms with Crippen molar-refractivity contribution in [2.45, 2.75) is 58.2 Å². The molecule has 0 saturated heterocycles. The molecule has 1 saturated carbocycles. The van der Waals surface area contributed by atoms with Crippen molar-refractivity contribution in [3.05, 3.63) is 12.7 Å². The van der Waals surface area contributed by atoms with Gasteiger partial charge in [0, 0.05) is 26.1 Å². The number of hydrogen-bond acceptors (Lipinski definition) is 4. The van der Waals surface area contributed by atoms with Gasteiger partial charge in [-0.2, -0.15) is 0 Å². The lowest BCUT2D eigenvalue weighted by Crippen LogP contribution is -2.36. The Hall–Kier alpha value is -1.72. The van der Waals surface area contributed by atoms with Gasteiger partial charge in [0.05, 0.1) is 0 Å². The van der Waals surface area contributed by atoms with E-state index < -0.39 is 11.7 Å². The Morgan fingerprint density at radius 3 is 2.65 bits per heavy atom. The molecule has 0 aliphatic heterocycles. The molecule has 0 aromatic carbocycles. The van der Waals surface area contributed by atoms with Gasteiger partial charge in [0.2, 0.25) is 0 Å². The maximum Gasteiger partial charge on any atom is 0.409 e. The minimum atomic E-state index is -0.506. The van der Waals surface area contributed by atoms with E-state index in [1.807, 2.05) is 26.8 Å². The Balaban J connectivity index is 2.20. The zero-order valence-electron chi connectivity index (χ0n) is 14.8. The van der Waals surface area contributed by atoms with Gasteiger partial charge in [0.1, 0.15) is 11.7 Å². The fourth-order valence-corrected chi connectivity index (χ4v) is 2.50. The second kappa shape index (κ2) is 8.79. The van der Waals surface area contributed by atoms with Crippen LogP contribution in [0.3, 0.4) is 0 Å². The van der Waals surface area contributed by atoms with Crippen molar-refractivity contribution in [2.24, 2.45) is 5.92 Å². The molecule has 1 rings (SSSR count). The second-order valence-corrected chi connectivity index (χ2v) is 6.96. The number of nitrogens with zero attached hydrogens (tertiary/aromatic N) is 1. The molecule has 0 heterocycles. The van der Waals surface area contributed by atoms with Crippen LogP contribution in [-0.4, -0.2) is 48.9 Å². The van der Waals surface area contributed by atoms with Crippen molar-refractivity contribution in [1.29, 1.82) is 0 Å². The lowest BCUT2D eigenvalue weighted by atomic mass is 10.1. The quantitative estimate of drug-likeness (QED) is 0.600. The Kier molecular flexibility index (Phi) is 7.39. The smallest absolute Gasteiger partial charge is 0.409 e. The molecule has 1 fully saturated rings. The van der Waals surface area contributed by atoms with Gasteiger partial charge in [0.15, 0.2) is 0 Å².